The zero-order valence-electron chi connectivity index (χ0n) is 10.4. The fourth-order valence-electron chi connectivity index (χ4n) is 1.68. The van der Waals surface area contributed by atoms with Gasteiger partial charge in [0.15, 0.2) is 0 Å². The number of hydrogen-bond donors (Lipinski definition) is 0. The molecule has 2 aromatic rings. The molecule has 0 aliphatic rings. The molecular weight excluding hydrogens is 347 g/mol. The Morgan fingerprint density at radius 3 is 2.37 bits per heavy atom. The average molecular weight is 360 g/mol. The smallest absolute Gasteiger partial charge is 0.134 e. The number of halogens is 3. The minimum atomic E-state index is 0.554. The second kappa shape index (κ2) is 6.65. The van der Waals surface area contributed by atoms with E-state index < -0.39 is 0 Å². The van der Waals surface area contributed by atoms with Gasteiger partial charge in [-0.1, -0.05) is 42.3 Å². The van der Waals surface area contributed by atoms with Crippen LogP contribution in [0.1, 0.15) is 13.3 Å². The molecule has 4 heteroatoms. The van der Waals surface area contributed by atoms with Gasteiger partial charge in [0.05, 0.1) is 21.1 Å². The zero-order valence-corrected chi connectivity index (χ0v) is 13.5. The molecule has 0 spiro atoms. The molecule has 0 saturated carbocycles. The molecule has 0 atom stereocenters. The molecule has 0 saturated heterocycles. The van der Waals surface area contributed by atoms with Gasteiger partial charge in [0.25, 0.3) is 0 Å². The Morgan fingerprint density at radius 2 is 1.68 bits per heavy atom. The highest BCUT2D eigenvalue weighted by Gasteiger charge is 2.06. The average Bonchev–Trinajstić information content (AvgIpc) is 2.41. The highest BCUT2D eigenvalue weighted by Crippen LogP contribution is 2.33. The van der Waals surface area contributed by atoms with Gasteiger partial charge < -0.3 is 4.74 Å². The monoisotopic (exact) mass is 358 g/mol. The first-order valence-corrected chi connectivity index (χ1v) is 7.54. The van der Waals surface area contributed by atoms with Crippen molar-refractivity contribution in [2.45, 2.75) is 13.3 Å². The normalized spacial score (nSPS) is 10.5. The quantitative estimate of drug-likeness (QED) is 0.630. The topological polar surface area (TPSA) is 9.23 Å². The van der Waals surface area contributed by atoms with Crippen LogP contribution in [0.4, 0.5) is 0 Å². The number of benzene rings is 2. The molecule has 0 radical (unpaired) electrons. The molecule has 0 fully saturated rings. The van der Waals surface area contributed by atoms with Crippen molar-refractivity contribution >= 4 is 39.1 Å². The minimum Gasteiger partial charge on any atom is -0.492 e. The maximum atomic E-state index is 6.05. The molecule has 100 valence electrons. The summed E-state index contributed by atoms with van der Waals surface area (Å²) in [5.74, 6) is 0.838. The molecule has 2 rings (SSSR count). The predicted molar refractivity (Wildman–Crippen MR) is 85.4 cm³/mol. The fourth-order valence-corrected chi connectivity index (χ4v) is 2.34. The Kier molecular flexibility index (Phi) is 5.14. The lowest BCUT2D eigenvalue weighted by molar-refractivity contribution is 0.315. The van der Waals surface area contributed by atoms with Gasteiger partial charge in [0.1, 0.15) is 5.75 Å². The van der Waals surface area contributed by atoms with Crippen molar-refractivity contribution in [3.05, 3.63) is 50.9 Å². The van der Waals surface area contributed by atoms with E-state index in [-0.39, 0.29) is 0 Å². The van der Waals surface area contributed by atoms with E-state index in [1.54, 1.807) is 6.07 Å². The van der Waals surface area contributed by atoms with Gasteiger partial charge in [-0.25, -0.2) is 0 Å². The van der Waals surface area contributed by atoms with E-state index in [2.05, 4.69) is 22.9 Å². The molecular formula is C15H13BrCl2O. The van der Waals surface area contributed by atoms with Crippen molar-refractivity contribution in [3.8, 4) is 16.9 Å². The second-order valence-electron chi connectivity index (χ2n) is 4.12. The van der Waals surface area contributed by atoms with E-state index in [0.29, 0.717) is 16.7 Å². The number of hydrogen-bond acceptors (Lipinski definition) is 1. The van der Waals surface area contributed by atoms with E-state index in [1.807, 2.05) is 30.3 Å². The summed E-state index contributed by atoms with van der Waals surface area (Å²) in [5.41, 5.74) is 2.07. The summed E-state index contributed by atoms with van der Waals surface area (Å²) < 4.78 is 6.64. The SMILES string of the molecule is CCCOc1cc(-c2ccc(Cl)c(Cl)c2)ccc1Br. The molecule has 0 aromatic heterocycles. The van der Waals surface area contributed by atoms with Crippen molar-refractivity contribution < 1.29 is 4.74 Å². The summed E-state index contributed by atoms with van der Waals surface area (Å²) in [6.45, 7) is 2.78. The highest BCUT2D eigenvalue weighted by molar-refractivity contribution is 9.10. The van der Waals surface area contributed by atoms with Gasteiger partial charge in [-0.2, -0.15) is 0 Å². The maximum absolute atomic E-state index is 6.05. The molecule has 0 aliphatic heterocycles. The number of ether oxygens (including phenoxy) is 1. The molecule has 0 N–H and O–H groups in total. The van der Waals surface area contributed by atoms with Crippen LogP contribution in [-0.2, 0) is 0 Å². The molecule has 0 aliphatic carbocycles. The third-order valence-electron chi connectivity index (χ3n) is 2.65. The molecule has 2 aromatic carbocycles. The third-order valence-corrected chi connectivity index (χ3v) is 4.04. The van der Waals surface area contributed by atoms with E-state index in [1.165, 1.54) is 0 Å². The molecule has 0 heterocycles. The van der Waals surface area contributed by atoms with Crippen LogP contribution in [-0.4, -0.2) is 6.61 Å². The second-order valence-corrected chi connectivity index (χ2v) is 5.79. The van der Waals surface area contributed by atoms with E-state index in [9.17, 15) is 0 Å². The van der Waals surface area contributed by atoms with Gasteiger partial charge >= 0.3 is 0 Å². The summed E-state index contributed by atoms with van der Waals surface area (Å²) in [6.07, 6.45) is 0.976. The van der Waals surface area contributed by atoms with Crippen LogP contribution in [0.2, 0.25) is 10.0 Å². The van der Waals surface area contributed by atoms with Gasteiger partial charge in [0.2, 0.25) is 0 Å². The number of rotatable bonds is 4. The van der Waals surface area contributed by atoms with Crippen molar-refractivity contribution in [2.75, 3.05) is 6.61 Å². The maximum Gasteiger partial charge on any atom is 0.134 e. The standard InChI is InChI=1S/C15H13BrCl2O/c1-2-7-19-15-9-11(3-5-12(15)16)10-4-6-13(17)14(18)8-10/h3-6,8-9H,2,7H2,1H3. The summed E-state index contributed by atoms with van der Waals surface area (Å²) in [6, 6.07) is 11.6. The van der Waals surface area contributed by atoms with Gasteiger partial charge in [-0.3, -0.25) is 0 Å². The van der Waals surface area contributed by atoms with Gasteiger partial charge in [-0.15, -0.1) is 0 Å². The van der Waals surface area contributed by atoms with E-state index >= 15 is 0 Å². The highest BCUT2D eigenvalue weighted by atomic mass is 79.9. The van der Waals surface area contributed by atoms with Crippen LogP contribution >= 0.6 is 39.1 Å². The first kappa shape index (κ1) is 14.7. The summed E-state index contributed by atoms with van der Waals surface area (Å²) in [4.78, 5) is 0. The predicted octanol–water partition coefficient (Wildman–Crippen LogP) is 6.21. The van der Waals surface area contributed by atoms with Crippen molar-refractivity contribution in [3.63, 3.8) is 0 Å². The first-order chi connectivity index (χ1) is 9.11. The van der Waals surface area contributed by atoms with Crippen molar-refractivity contribution in [1.29, 1.82) is 0 Å². The van der Waals surface area contributed by atoms with Gasteiger partial charge in [-0.05, 0) is 57.7 Å². The van der Waals surface area contributed by atoms with Crippen molar-refractivity contribution in [1.82, 2.24) is 0 Å². The van der Waals surface area contributed by atoms with Crippen LogP contribution in [0.25, 0.3) is 11.1 Å². The first-order valence-electron chi connectivity index (χ1n) is 5.99. The molecule has 19 heavy (non-hydrogen) atoms. The van der Waals surface area contributed by atoms with Crippen molar-refractivity contribution in [2.24, 2.45) is 0 Å². The summed E-state index contributed by atoms with van der Waals surface area (Å²) >= 11 is 15.5. The van der Waals surface area contributed by atoms with Crippen LogP contribution in [0, 0.1) is 0 Å². The van der Waals surface area contributed by atoms with Crippen LogP contribution in [0.5, 0.6) is 5.75 Å². The van der Waals surface area contributed by atoms with Crippen LogP contribution in [0.15, 0.2) is 40.9 Å². The Bertz CT molecular complexity index is 584. The zero-order chi connectivity index (χ0) is 13.8. The molecule has 0 unspecified atom stereocenters. The van der Waals surface area contributed by atoms with E-state index in [4.69, 9.17) is 27.9 Å². The minimum absolute atomic E-state index is 0.554. The molecule has 0 amide bonds. The molecule has 0 bridgehead atoms. The summed E-state index contributed by atoms with van der Waals surface area (Å²) in [5, 5.41) is 1.11. The third kappa shape index (κ3) is 3.65. The lowest BCUT2D eigenvalue weighted by Gasteiger charge is -2.10. The lowest BCUT2D eigenvalue weighted by Crippen LogP contribution is -1.96. The Morgan fingerprint density at radius 1 is 1.00 bits per heavy atom. The largest absolute Gasteiger partial charge is 0.492 e. The fraction of sp³-hybridized carbons (Fsp3) is 0.200. The summed E-state index contributed by atoms with van der Waals surface area (Å²) in [7, 11) is 0. The van der Waals surface area contributed by atoms with Gasteiger partial charge in [0, 0.05) is 0 Å². The van der Waals surface area contributed by atoms with Crippen LogP contribution in [0.3, 0.4) is 0 Å². The lowest BCUT2D eigenvalue weighted by atomic mass is 10.1. The Hall–Kier alpha value is -0.700. The van der Waals surface area contributed by atoms with Crippen LogP contribution < -0.4 is 4.74 Å². The Balaban J connectivity index is 2.36. The molecule has 1 nitrogen and oxygen atoms in total. The Labute approximate surface area is 131 Å². The van der Waals surface area contributed by atoms with E-state index in [0.717, 1.165) is 27.8 Å².